The van der Waals surface area contributed by atoms with Gasteiger partial charge in [-0.1, -0.05) is 20.3 Å². The molecule has 6 unspecified atom stereocenters. The third-order valence-electron chi connectivity index (χ3n) is 4.95. The fourth-order valence-electron chi connectivity index (χ4n) is 2.72. The third-order valence-corrected chi connectivity index (χ3v) is 5.34. The average Bonchev–Trinajstić information content (AvgIpc) is 2.75. The standard InChI is InChI=1S/C19H37N7O6S/c1-4-9(2)13(25-15(28)11(20)8-33)17(30)24-12(6-5-7-23-19(21)22)16(29)26-14(10(3)27)18(31)32/h9-14,27,33H,4-8,20H2,1-3H3,(H,24,30)(H,25,28)(H,26,29)(H,31,32)(H4,21,22,23). The Morgan fingerprint density at radius 2 is 1.58 bits per heavy atom. The summed E-state index contributed by atoms with van der Waals surface area (Å²) in [6, 6.07) is -4.66. The zero-order valence-electron chi connectivity index (χ0n) is 19.2. The summed E-state index contributed by atoms with van der Waals surface area (Å²) in [5.74, 6) is -3.83. The number of hydrogen-bond acceptors (Lipinski definition) is 8. The second-order valence-corrected chi connectivity index (χ2v) is 8.10. The number of aliphatic carboxylic acids is 1. The lowest BCUT2D eigenvalue weighted by molar-refractivity contribution is -0.145. The monoisotopic (exact) mass is 491 g/mol. The van der Waals surface area contributed by atoms with Gasteiger partial charge in [-0.05, 0) is 25.7 Å². The van der Waals surface area contributed by atoms with E-state index in [9.17, 15) is 29.4 Å². The number of amides is 3. The van der Waals surface area contributed by atoms with Crippen molar-refractivity contribution in [2.75, 3.05) is 12.3 Å². The lowest BCUT2D eigenvalue weighted by Gasteiger charge is -2.28. The number of hydrogen-bond donors (Lipinski definition) is 9. The average molecular weight is 492 g/mol. The molecule has 0 aliphatic rings. The predicted octanol–water partition coefficient (Wildman–Crippen LogP) is -2.74. The maximum Gasteiger partial charge on any atom is 0.328 e. The molecule has 0 heterocycles. The van der Waals surface area contributed by atoms with Gasteiger partial charge in [0, 0.05) is 12.3 Å². The van der Waals surface area contributed by atoms with Gasteiger partial charge in [0.2, 0.25) is 17.7 Å². The van der Waals surface area contributed by atoms with Crippen LogP contribution in [0.5, 0.6) is 0 Å². The molecule has 0 aromatic rings. The molecular formula is C19H37N7O6S. The molecule has 0 fully saturated rings. The molecule has 3 amide bonds. The van der Waals surface area contributed by atoms with Crippen LogP contribution in [0.25, 0.3) is 0 Å². The van der Waals surface area contributed by atoms with E-state index in [0.717, 1.165) is 0 Å². The minimum Gasteiger partial charge on any atom is -0.480 e. The molecular weight excluding hydrogens is 454 g/mol. The van der Waals surface area contributed by atoms with Crippen molar-refractivity contribution in [3.05, 3.63) is 0 Å². The molecule has 0 aromatic carbocycles. The van der Waals surface area contributed by atoms with Crippen molar-refractivity contribution in [2.45, 2.75) is 70.3 Å². The van der Waals surface area contributed by atoms with Crippen LogP contribution in [-0.2, 0) is 19.2 Å². The first-order chi connectivity index (χ1) is 15.3. The van der Waals surface area contributed by atoms with E-state index in [-0.39, 0.29) is 37.0 Å². The minimum absolute atomic E-state index is 0.0673. The van der Waals surface area contributed by atoms with E-state index in [2.05, 4.69) is 33.6 Å². The number of aliphatic hydroxyl groups excluding tert-OH is 1. The Balaban J connectivity index is 5.62. The second-order valence-electron chi connectivity index (χ2n) is 7.74. The number of nitrogens with two attached hydrogens (primary N) is 3. The molecule has 0 saturated carbocycles. The fraction of sp³-hybridized carbons (Fsp3) is 0.737. The first-order valence-electron chi connectivity index (χ1n) is 10.6. The van der Waals surface area contributed by atoms with Gasteiger partial charge in [0.1, 0.15) is 12.1 Å². The topological polar surface area (TPSA) is 235 Å². The number of rotatable bonds is 15. The van der Waals surface area contributed by atoms with Crippen molar-refractivity contribution in [1.82, 2.24) is 16.0 Å². The zero-order chi connectivity index (χ0) is 25.7. The van der Waals surface area contributed by atoms with Crippen molar-refractivity contribution < 1.29 is 29.4 Å². The Labute approximate surface area is 198 Å². The van der Waals surface area contributed by atoms with E-state index in [1.54, 1.807) is 6.92 Å². The number of nitrogens with zero attached hydrogens (tertiary/aromatic N) is 1. The van der Waals surface area contributed by atoms with Gasteiger partial charge in [-0.3, -0.25) is 19.4 Å². The molecule has 6 atom stereocenters. The summed E-state index contributed by atoms with van der Waals surface area (Å²) in [6.07, 6.45) is -0.482. The molecule has 0 radical (unpaired) electrons. The molecule has 0 spiro atoms. The quantitative estimate of drug-likeness (QED) is 0.0499. The first kappa shape index (κ1) is 30.4. The highest BCUT2D eigenvalue weighted by molar-refractivity contribution is 7.80. The molecule has 0 saturated heterocycles. The van der Waals surface area contributed by atoms with Gasteiger partial charge < -0.3 is 43.4 Å². The summed E-state index contributed by atoms with van der Waals surface area (Å²) in [5.41, 5.74) is 16.2. The summed E-state index contributed by atoms with van der Waals surface area (Å²) >= 11 is 3.98. The van der Waals surface area contributed by atoms with Crippen LogP contribution in [0.1, 0.15) is 40.0 Å². The van der Waals surface area contributed by atoms with Crippen molar-refractivity contribution in [3.63, 3.8) is 0 Å². The van der Waals surface area contributed by atoms with Gasteiger partial charge in [0.15, 0.2) is 12.0 Å². The molecule has 0 rings (SSSR count). The van der Waals surface area contributed by atoms with Gasteiger partial charge in [0.25, 0.3) is 0 Å². The van der Waals surface area contributed by atoms with Crippen molar-refractivity contribution in [3.8, 4) is 0 Å². The van der Waals surface area contributed by atoms with Crippen molar-refractivity contribution in [2.24, 2.45) is 28.1 Å². The van der Waals surface area contributed by atoms with Gasteiger partial charge in [-0.25, -0.2) is 4.79 Å². The lowest BCUT2D eigenvalue weighted by atomic mass is 9.97. The lowest BCUT2D eigenvalue weighted by Crippen LogP contribution is -2.59. The number of thiol groups is 1. The minimum atomic E-state index is -1.58. The number of carboxylic acids is 1. The molecule has 0 bridgehead atoms. The normalized spacial score (nSPS) is 16.3. The molecule has 0 aliphatic heterocycles. The third kappa shape index (κ3) is 11.2. The van der Waals surface area contributed by atoms with E-state index in [1.807, 2.05) is 6.92 Å². The van der Waals surface area contributed by atoms with Crippen LogP contribution in [0, 0.1) is 5.92 Å². The summed E-state index contributed by atoms with van der Waals surface area (Å²) in [5, 5.41) is 26.2. The molecule has 0 aliphatic carbocycles. The van der Waals surface area contributed by atoms with E-state index in [1.165, 1.54) is 6.92 Å². The number of guanidine groups is 1. The van der Waals surface area contributed by atoms with Crippen LogP contribution in [0.2, 0.25) is 0 Å². The van der Waals surface area contributed by atoms with Crippen molar-refractivity contribution in [1.29, 1.82) is 0 Å². The molecule has 13 nitrogen and oxygen atoms in total. The van der Waals surface area contributed by atoms with E-state index >= 15 is 0 Å². The summed E-state index contributed by atoms with van der Waals surface area (Å²) in [4.78, 5) is 53.1. The van der Waals surface area contributed by atoms with Crippen LogP contribution in [0.4, 0.5) is 0 Å². The van der Waals surface area contributed by atoms with Crippen LogP contribution >= 0.6 is 12.6 Å². The number of nitrogens with one attached hydrogen (secondary N) is 3. The SMILES string of the molecule is CCC(C)C(NC(=O)C(N)CS)C(=O)NC(CCCN=C(N)N)C(=O)NC(C(=O)O)C(C)O. The van der Waals surface area contributed by atoms with Crippen LogP contribution in [-0.4, -0.2) is 82.4 Å². The van der Waals surface area contributed by atoms with E-state index < -0.39 is 54.0 Å². The predicted molar refractivity (Wildman–Crippen MR) is 126 cm³/mol. The van der Waals surface area contributed by atoms with Gasteiger partial charge in [-0.15, -0.1) is 0 Å². The molecule has 14 heteroatoms. The highest BCUT2D eigenvalue weighted by atomic mass is 32.1. The second kappa shape index (κ2) is 15.3. The number of aliphatic imine (C=N–C) groups is 1. The van der Waals surface area contributed by atoms with E-state index in [4.69, 9.17) is 17.2 Å². The Kier molecular flexibility index (Phi) is 14.1. The summed E-state index contributed by atoms with van der Waals surface area (Å²) in [7, 11) is 0. The van der Waals surface area contributed by atoms with Gasteiger partial charge in [-0.2, -0.15) is 12.6 Å². The number of aliphatic hydroxyl groups is 1. The van der Waals surface area contributed by atoms with Crippen LogP contribution in [0.3, 0.4) is 0 Å². The molecule has 33 heavy (non-hydrogen) atoms. The van der Waals surface area contributed by atoms with Crippen LogP contribution < -0.4 is 33.2 Å². The maximum absolute atomic E-state index is 13.0. The van der Waals surface area contributed by atoms with Gasteiger partial charge in [0.05, 0.1) is 12.1 Å². The Bertz CT molecular complexity index is 702. The molecule has 0 aromatic heterocycles. The summed E-state index contributed by atoms with van der Waals surface area (Å²) in [6.45, 7) is 4.96. The largest absolute Gasteiger partial charge is 0.480 e. The smallest absolute Gasteiger partial charge is 0.328 e. The molecule has 190 valence electrons. The van der Waals surface area contributed by atoms with Crippen molar-refractivity contribution >= 4 is 42.3 Å². The highest BCUT2D eigenvalue weighted by Gasteiger charge is 2.33. The number of carboxylic acid groups (broad SMARTS) is 1. The van der Waals surface area contributed by atoms with E-state index in [0.29, 0.717) is 6.42 Å². The Hall–Kier alpha value is -2.58. The number of carbonyl (C=O) groups excluding carboxylic acids is 3. The number of carbonyl (C=O) groups is 4. The zero-order valence-corrected chi connectivity index (χ0v) is 20.0. The first-order valence-corrected chi connectivity index (χ1v) is 11.2. The maximum atomic E-state index is 13.0. The van der Waals surface area contributed by atoms with Crippen LogP contribution in [0.15, 0.2) is 4.99 Å². The Morgan fingerprint density at radius 1 is 1.00 bits per heavy atom. The van der Waals surface area contributed by atoms with Gasteiger partial charge >= 0.3 is 5.97 Å². The summed E-state index contributed by atoms with van der Waals surface area (Å²) < 4.78 is 0. The highest BCUT2D eigenvalue weighted by Crippen LogP contribution is 2.10. The Morgan fingerprint density at radius 3 is 2.03 bits per heavy atom. The molecule has 11 N–H and O–H groups in total. The fourth-order valence-corrected chi connectivity index (χ4v) is 2.89.